The molecule has 3 nitrogen and oxygen atoms in total. The van der Waals surface area contributed by atoms with Crippen molar-refractivity contribution in [3.05, 3.63) is 53.6 Å². The van der Waals surface area contributed by atoms with Crippen LogP contribution in [0.25, 0.3) is 0 Å². The summed E-state index contributed by atoms with van der Waals surface area (Å²) in [5, 5.41) is 0. The molecule has 2 aromatic rings. The predicted octanol–water partition coefficient (Wildman–Crippen LogP) is 3.59. The molecule has 0 aliphatic carbocycles. The van der Waals surface area contributed by atoms with Crippen LogP contribution in [0.4, 0.5) is 0 Å². The highest BCUT2D eigenvalue weighted by molar-refractivity contribution is 5.29. The molecule has 2 heterocycles. The minimum atomic E-state index is 0.671. The molecule has 1 aromatic heterocycles. The highest BCUT2D eigenvalue weighted by atomic mass is 15.2. The number of piperidine rings is 1. The van der Waals surface area contributed by atoms with E-state index in [9.17, 15) is 0 Å². The van der Waals surface area contributed by atoms with Gasteiger partial charge < -0.3 is 4.57 Å². The van der Waals surface area contributed by atoms with Crippen LogP contribution in [0.1, 0.15) is 42.6 Å². The van der Waals surface area contributed by atoms with Crippen LogP contribution in [-0.2, 0) is 13.1 Å². The molecule has 1 aromatic carbocycles. The van der Waals surface area contributed by atoms with E-state index in [-0.39, 0.29) is 0 Å². The monoisotopic (exact) mass is 283 g/mol. The molecule has 1 fully saturated rings. The van der Waals surface area contributed by atoms with Crippen LogP contribution in [0.2, 0.25) is 0 Å². The van der Waals surface area contributed by atoms with Gasteiger partial charge in [0, 0.05) is 25.5 Å². The Morgan fingerprint density at radius 2 is 2.14 bits per heavy atom. The third-order valence-corrected chi connectivity index (χ3v) is 4.64. The number of hydrogen-bond acceptors (Lipinski definition) is 2. The van der Waals surface area contributed by atoms with E-state index in [1.807, 2.05) is 6.20 Å². The van der Waals surface area contributed by atoms with Crippen molar-refractivity contribution in [3.63, 3.8) is 0 Å². The predicted molar refractivity (Wildman–Crippen MR) is 86.3 cm³/mol. The molecule has 0 bridgehead atoms. The van der Waals surface area contributed by atoms with Gasteiger partial charge in [-0.15, -0.1) is 0 Å². The van der Waals surface area contributed by atoms with Gasteiger partial charge in [0.25, 0.3) is 0 Å². The van der Waals surface area contributed by atoms with Crippen molar-refractivity contribution in [1.82, 2.24) is 14.5 Å². The van der Waals surface area contributed by atoms with E-state index in [0.29, 0.717) is 5.92 Å². The van der Waals surface area contributed by atoms with Crippen LogP contribution in [0.15, 0.2) is 36.7 Å². The van der Waals surface area contributed by atoms with Crippen LogP contribution in [0, 0.1) is 6.92 Å². The third kappa shape index (κ3) is 3.18. The van der Waals surface area contributed by atoms with E-state index < -0.39 is 0 Å². The first kappa shape index (κ1) is 14.3. The zero-order valence-electron chi connectivity index (χ0n) is 13.1. The van der Waals surface area contributed by atoms with Gasteiger partial charge in [-0.3, -0.25) is 4.90 Å². The first-order valence-electron chi connectivity index (χ1n) is 8.06. The topological polar surface area (TPSA) is 21.1 Å². The lowest BCUT2D eigenvalue weighted by molar-refractivity contribution is 0.193. The number of nitrogens with zero attached hydrogens (tertiary/aromatic N) is 3. The number of hydrogen-bond donors (Lipinski definition) is 0. The van der Waals surface area contributed by atoms with Crippen molar-refractivity contribution >= 4 is 0 Å². The van der Waals surface area contributed by atoms with Gasteiger partial charge in [0.1, 0.15) is 5.82 Å². The highest BCUT2D eigenvalue weighted by Crippen LogP contribution is 2.29. The van der Waals surface area contributed by atoms with Crippen LogP contribution in [0.5, 0.6) is 0 Å². The molecule has 1 atom stereocenters. The Morgan fingerprint density at radius 1 is 1.29 bits per heavy atom. The quantitative estimate of drug-likeness (QED) is 0.855. The summed E-state index contributed by atoms with van der Waals surface area (Å²) >= 11 is 0. The number of aromatic nitrogens is 2. The molecule has 1 aliphatic heterocycles. The fraction of sp³-hybridized carbons (Fsp3) is 0.500. The lowest BCUT2D eigenvalue weighted by Gasteiger charge is -2.33. The number of imidazole rings is 1. The van der Waals surface area contributed by atoms with Crippen LogP contribution < -0.4 is 0 Å². The molecular formula is C18H25N3. The molecule has 0 radical (unpaired) electrons. The molecule has 0 unspecified atom stereocenters. The maximum absolute atomic E-state index is 4.52. The summed E-state index contributed by atoms with van der Waals surface area (Å²) in [5.74, 6) is 1.87. The van der Waals surface area contributed by atoms with Gasteiger partial charge in [-0.25, -0.2) is 4.98 Å². The van der Waals surface area contributed by atoms with E-state index in [1.165, 1.54) is 36.3 Å². The van der Waals surface area contributed by atoms with Gasteiger partial charge in [0.05, 0.1) is 6.54 Å². The summed E-state index contributed by atoms with van der Waals surface area (Å²) in [7, 11) is 0. The molecule has 0 N–H and O–H groups in total. The summed E-state index contributed by atoms with van der Waals surface area (Å²) in [5.41, 5.74) is 2.96. The smallest absolute Gasteiger partial charge is 0.122 e. The first-order chi connectivity index (χ1) is 10.3. The Bertz CT molecular complexity index is 588. The van der Waals surface area contributed by atoms with E-state index in [1.54, 1.807) is 0 Å². The summed E-state index contributed by atoms with van der Waals surface area (Å²) in [6.07, 6.45) is 6.59. The molecule has 3 rings (SSSR count). The standard InChI is InChI=1S/C18H25N3/c1-3-21-12-10-19-18(21)14-20-11-6-8-16(13-20)17-9-5-4-7-15(17)2/h4-5,7,9-10,12,16H,3,6,8,11,13-14H2,1-2H3/t16-/m0/s1. The van der Waals surface area contributed by atoms with Crippen molar-refractivity contribution < 1.29 is 0 Å². The highest BCUT2D eigenvalue weighted by Gasteiger charge is 2.23. The fourth-order valence-corrected chi connectivity index (χ4v) is 3.48. The Hall–Kier alpha value is -1.61. The van der Waals surface area contributed by atoms with Crippen molar-refractivity contribution in [2.45, 2.75) is 45.7 Å². The molecule has 21 heavy (non-hydrogen) atoms. The summed E-state index contributed by atoms with van der Waals surface area (Å²) in [6.45, 7) is 8.74. The second-order valence-electron chi connectivity index (χ2n) is 6.06. The van der Waals surface area contributed by atoms with Crippen molar-refractivity contribution in [3.8, 4) is 0 Å². The van der Waals surface area contributed by atoms with E-state index in [4.69, 9.17) is 0 Å². The second kappa shape index (κ2) is 6.44. The van der Waals surface area contributed by atoms with E-state index in [0.717, 1.165) is 19.6 Å². The zero-order chi connectivity index (χ0) is 14.7. The maximum Gasteiger partial charge on any atom is 0.122 e. The Labute approximate surface area is 127 Å². The zero-order valence-corrected chi connectivity index (χ0v) is 13.1. The molecular weight excluding hydrogens is 258 g/mol. The van der Waals surface area contributed by atoms with Crippen molar-refractivity contribution in [1.29, 1.82) is 0 Å². The SMILES string of the molecule is CCn1ccnc1CN1CCC[C@H](c2ccccc2C)C1. The fourth-order valence-electron chi connectivity index (χ4n) is 3.48. The molecule has 1 saturated heterocycles. The molecule has 0 amide bonds. The number of benzene rings is 1. The second-order valence-corrected chi connectivity index (χ2v) is 6.06. The number of rotatable bonds is 4. The first-order valence-corrected chi connectivity index (χ1v) is 8.06. The third-order valence-electron chi connectivity index (χ3n) is 4.64. The lowest BCUT2D eigenvalue weighted by Crippen LogP contribution is -2.35. The van der Waals surface area contributed by atoms with Crippen molar-refractivity contribution in [2.24, 2.45) is 0 Å². The van der Waals surface area contributed by atoms with Crippen LogP contribution in [-0.4, -0.2) is 27.5 Å². The number of aryl methyl sites for hydroxylation is 2. The van der Waals surface area contributed by atoms with Gasteiger partial charge in [0.15, 0.2) is 0 Å². The van der Waals surface area contributed by atoms with Gasteiger partial charge >= 0.3 is 0 Å². The van der Waals surface area contributed by atoms with Crippen molar-refractivity contribution in [2.75, 3.05) is 13.1 Å². The normalized spacial score (nSPS) is 19.8. The van der Waals surface area contributed by atoms with Crippen LogP contribution >= 0.6 is 0 Å². The maximum atomic E-state index is 4.52. The van der Waals surface area contributed by atoms with Gasteiger partial charge in [-0.1, -0.05) is 24.3 Å². The molecule has 0 saturated carbocycles. The lowest BCUT2D eigenvalue weighted by atomic mass is 9.88. The van der Waals surface area contributed by atoms with E-state index >= 15 is 0 Å². The van der Waals surface area contributed by atoms with E-state index in [2.05, 4.69) is 58.8 Å². The average Bonchev–Trinajstić information content (AvgIpc) is 2.95. The van der Waals surface area contributed by atoms with Gasteiger partial charge in [-0.2, -0.15) is 0 Å². The average molecular weight is 283 g/mol. The van der Waals surface area contributed by atoms with Gasteiger partial charge in [-0.05, 0) is 50.3 Å². The summed E-state index contributed by atoms with van der Waals surface area (Å²) < 4.78 is 2.25. The van der Waals surface area contributed by atoms with Gasteiger partial charge in [0.2, 0.25) is 0 Å². The number of likely N-dealkylation sites (tertiary alicyclic amines) is 1. The summed E-state index contributed by atoms with van der Waals surface area (Å²) in [4.78, 5) is 7.08. The Balaban J connectivity index is 1.70. The molecule has 112 valence electrons. The van der Waals surface area contributed by atoms with Crippen LogP contribution in [0.3, 0.4) is 0 Å². The molecule has 3 heteroatoms. The molecule has 1 aliphatic rings. The largest absolute Gasteiger partial charge is 0.334 e. The summed E-state index contributed by atoms with van der Waals surface area (Å²) in [6, 6.07) is 8.84. The Kier molecular flexibility index (Phi) is 4.39. The Morgan fingerprint density at radius 3 is 2.95 bits per heavy atom. The molecule has 0 spiro atoms. The minimum absolute atomic E-state index is 0.671. The minimum Gasteiger partial charge on any atom is -0.334 e.